The molecular formula is C24H39N3O4. The van der Waals surface area contributed by atoms with Crippen molar-refractivity contribution in [2.75, 3.05) is 73.4 Å². The van der Waals surface area contributed by atoms with Gasteiger partial charge in [0.15, 0.2) is 5.96 Å². The van der Waals surface area contributed by atoms with E-state index in [-0.39, 0.29) is 5.41 Å². The molecule has 0 bridgehead atoms. The van der Waals surface area contributed by atoms with E-state index in [1.54, 1.807) is 14.2 Å². The number of methoxy groups -OCH3 is 2. The fourth-order valence-corrected chi connectivity index (χ4v) is 4.45. The molecule has 7 heteroatoms. The average Bonchev–Trinajstić information content (AvgIpc) is 3.29. The standard InChI is InChI=1S/C24H39N3O4/c1-4-25-23(27-12-9-20(17-27)18-31-16-15-28-2)26-19-24(10-13-30-14-11-24)21-5-7-22(29-3)8-6-21/h5-8,20H,4,9-19H2,1-3H3,(H,25,26). The minimum Gasteiger partial charge on any atom is -0.497 e. The molecule has 1 atom stereocenters. The normalized spacial score (nSPS) is 21.3. The molecule has 0 aromatic heterocycles. The number of benzene rings is 1. The van der Waals surface area contributed by atoms with Crippen LogP contribution in [-0.4, -0.2) is 84.3 Å². The molecule has 0 saturated carbocycles. The molecule has 2 aliphatic rings. The van der Waals surface area contributed by atoms with Gasteiger partial charge in [-0.1, -0.05) is 12.1 Å². The van der Waals surface area contributed by atoms with Gasteiger partial charge in [0.05, 0.1) is 33.5 Å². The van der Waals surface area contributed by atoms with Crippen molar-refractivity contribution < 1.29 is 18.9 Å². The number of likely N-dealkylation sites (tertiary alicyclic amines) is 1. The molecule has 7 nitrogen and oxygen atoms in total. The summed E-state index contributed by atoms with van der Waals surface area (Å²) in [6, 6.07) is 8.48. The molecule has 1 unspecified atom stereocenters. The molecule has 31 heavy (non-hydrogen) atoms. The molecule has 2 fully saturated rings. The SMILES string of the molecule is CCNC(=NCC1(c2ccc(OC)cc2)CCOCC1)N1CCC(COCCOC)C1. The van der Waals surface area contributed by atoms with Crippen molar-refractivity contribution in [3.05, 3.63) is 29.8 Å². The Morgan fingerprint density at radius 3 is 2.65 bits per heavy atom. The van der Waals surface area contributed by atoms with Gasteiger partial charge in [0.1, 0.15) is 5.75 Å². The molecule has 1 aromatic rings. The zero-order valence-electron chi connectivity index (χ0n) is 19.4. The highest BCUT2D eigenvalue weighted by molar-refractivity contribution is 5.80. The molecule has 1 N–H and O–H groups in total. The van der Waals surface area contributed by atoms with E-state index in [4.69, 9.17) is 23.9 Å². The number of ether oxygens (including phenoxy) is 4. The fourth-order valence-electron chi connectivity index (χ4n) is 4.45. The largest absolute Gasteiger partial charge is 0.497 e. The van der Waals surface area contributed by atoms with E-state index in [9.17, 15) is 0 Å². The first kappa shape index (κ1) is 23.8. The van der Waals surface area contributed by atoms with Gasteiger partial charge >= 0.3 is 0 Å². The zero-order valence-corrected chi connectivity index (χ0v) is 19.4. The molecule has 2 aliphatic heterocycles. The Bertz CT molecular complexity index is 674. The van der Waals surface area contributed by atoms with Gasteiger partial charge in [-0.2, -0.15) is 0 Å². The van der Waals surface area contributed by atoms with Gasteiger partial charge in [0.2, 0.25) is 0 Å². The van der Waals surface area contributed by atoms with E-state index in [0.29, 0.717) is 19.1 Å². The first-order chi connectivity index (χ1) is 15.2. The molecule has 0 spiro atoms. The van der Waals surface area contributed by atoms with E-state index >= 15 is 0 Å². The molecule has 2 heterocycles. The van der Waals surface area contributed by atoms with Crippen molar-refractivity contribution in [2.24, 2.45) is 10.9 Å². The van der Waals surface area contributed by atoms with Crippen molar-refractivity contribution in [1.82, 2.24) is 10.2 Å². The van der Waals surface area contributed by atoms with Gasteiger partial charge < -0.3 is 29.2 Å². The van der Waals surface area contributed by atoms with Crippen molar-refractivity contribution in [3.63, 3.8) is 0 Å². The predicted molar refractivity (Wildman–Crippen MR) is 123 cm³/mol. The maximum atomic E-state index is 5.76. The Kier molecular flexibility index (Phi) is 9.43. The number of aliphatic imine (C=N–C) groups is 1. The van der Waals surface area contributed by atoms with Crippen LogP contribution in [0.2, 0.25) is 0 Å². The lowest BCUT2D eigenvalue weighted by Gasteiger charge is -2.37. The Labute approximate surface area is 187 Å². The van der Waals surface area contributed by atoms with Crippen LogP contribution in [0.5, 0.6) is 5.75 Å². The minimum absolute atomic E-state index is 0.00752. The van der Waals surface area contributed by atoms with Crippen LogP contribution in [0.4, 0.5) is 0 Å². The highest BCUT2D eigenvalue weighted by Gasteiger charge is 2.35. The molecule has 2 saturated heterocycles. The second-order valence-electron chi connectivity index (χ2n) is 8.46. The lowest BCUT2D eigenvalue weighted by Crippen LogP contribution is -2.43. The first-order valence-electron chi connectivity index (χ1n) is 11.5. The maximum Gasteiger partial charge on any atom is 0.193 e. The number of hydrogen-bond acceptors (Lipinski definition) is 5. The average molecular weight is 434 g/mol. The molecule has 1 aromatic carbocycles. The number of guanidine groups is 1. The van der Waals surface area contributed by atoms with E-state index < -0.39 is 0 Å². The summed E-state index contributed by atoms with van der Waals surface area (Å²) in [7, 11) is 3.41. The molecular weight excluding hydrogens is 394 g/mol. The smallest absolute Gasteiger partial charge is 0.193 e. The minimum atomic E-state index is 0.00752. The van der Waals surface area contributed by atoms with Gasteiger partial charge in [0, 0.05) is 51.3 Å². The summed E-state index contributed by atoms with van der Waals surface area (Å²) in [5.41, 5.74) is 1.33. The van der Waals surface area contributed by atoms with Crippen molar-refractivity contribution in [2.45, 2.75) is 31.6 Å². The Morgan fingerprint density at radius 2 is 1.97 bits per heavy atom. The third-order valence-corrected chi connectivity index (χ3v) is 6.39. The zero-order chi connectivity index (χ0) is 21.9. The van der Waals surface area contributed by atoms with Crippen LogP contribution in [0.3, 0.4) is 0 Å². The van der Waals surface area contributed by atoms with E-state index in [1.807, 2.05) is 0 Å². The van der Waals surface area contributed by atoms with Crippen LogP contribution in [-0.2, 0) is 19.6 Å². The lowest BCUT2D eigenvalue weighted by molar-refractivity contribution is 0.0527. The highest BCUT2D eigenvalue weighted by Crippen LogP contribution is 2.36. The molecule has 0 amide bonds. The Morgan fingerprint density at radius 1 is 1.19 bits per heavy atom. The second-order valence-corrected chi connectivity index (χ2v) is 8.46. The van der Waals surface area contributed by atoms with E-state index in [1.165, 1.54) is 5.56 Å². The summed E-state index contributed by atoms with van der Waals surface area (Å²) in [6.45, 7) is 9.41. The quantitative estimate of drug-likeness (QED) is 0.348. The summed E-state index contributed by atoms with van der Waals surface area (Å²) < 4.78 is 21.9. The van der Waals surface area contributed by atoms with E-state index in [2.05, 4.69) is 41.4 Å². The van der Waals surface area contributed by atoms with Crippen molar-refractivity contribution in [1.29, 1.82) is 0 Å². The monoisotopic (exact) mass is 433 g/mol. The number of hydrogen-bond donors (Lipinski definition) is 1. The number of nitrogens with one attached hydrogen (secondary N) is 1. The van der Waals surface area contributed by atoms with E-state index in [0.717, 1.165) is 77.0 Å². The maximum absolute atomic E-state index is 5.76. The van der Waals surface area contributed by atoms with Gasteiger partial charge in [0.25, 0.3) is 0 Å². The molecule has 174 valence electrons. The fraction of sp³-hybridized carbons (Fsp3) is 0.708. The second kappa shape index (κ2) is 12.3. The summed E-state index contributed by atoms with van der Waals surface area (Å²) in [5.74, 6) is 2.44. The van der Waals surface area contributed by atoms with Gasteiger partial charge in [-0.05, 0) is 43.9 Å². The Balaban J connectivity index is 1.68. The molecule has 0 radical (unpaired) electrons. The van der Waals surface area contributed by atoms with Crippen LogP contribution in [0.15, 0.2) is 29.3 Å². The van der Waals surface area contributed by atoms with Gasteiger partial charge in [-0.25, -0.2) is 0 Å². The summed E-state index contributed by atoms with van der Waals surface area (Å²) in [4.78, 5) is 7.52. The third kappa shape index (κ3) is 6.57. The van der Waals surface area contributed by atoms with Crippen LogP contribution < -0.4 is 10.1 Å². The van der Waals surface area contributed by atoms with Crippen molar-refractivity contribution in [3.8, 4) is 5.75 Å². The summed E-state index contributed by atoms with van der Waals surface area (Å²) >= 11 is 0. The molecule has 0 aliphatic carbocycles. The van der Waals surface area contributed by atoms with Crippen LogP contribution >= 0.6 is 0 Å². The lowest BCUT2D eigenvalue weighted by atomic mass is 9.74. The Hall–Kier alpha value is -1.83. The topological polar surface area (TPSA) is 64.6 Å². The summed E-state index contributed by atoms with van der Waals surface area (Å²) in [5, 5.41) is 3.51. The summed E-state index contributed by atoms with van der Waals surface area (Å²) in [6.07, 6.45) is 3.10. The predicted octanol–water partition coefficient (Wildman–Crippen LogP) is 2.69. The van der Waals surface area contributed by atoms with Crippen molar-refractivity contribution >= 4 is 5.96 Å². The third-order valence-electron chi connectivity index (χ3n) is 6.39. The first-order valence-corrected chi connectivity index (χ1v) is 11.5. The number of rotatable bonds is 10. The van der Waals surface area contributed by atoms with Crippen LogP contribution in [0, 0.1) is 5.92 Å². The number of nitrogens with zero attached hydrogens (tertiary/aromatic N) is 2. The van der Waals surface area contributed by atoms with Gasteiger partial charge in [-0.15, -0.1) is 0 Å². The molecule has 3 rings (SSSR count). The highest BCUT2D eigenvalue weighted by atomic mass is 16.5. The van der Waals surface area contributed by atoms with Gasteiger partial charge in [-0.3, -0.25) is 4.99 Å². The van der Waals surface area contributed by atoms with Crippen LogP contribution in [0.25, 0.3) is 0 Å². The van der Waals surface area contributed by atoms with Crippen LogP contribution in [0.1, 0.15) is 31.7 Å².